The van der Waals surface area contributed by atoms with Crippen molar-refractivity contribution >= 4 is 15.9 Å². The van der Waals surface area contributed by atoms with Crippen molar-refractivity contribution in [2.75, 3.05) is 0 Å². The molecule has 22 heavy (non-hydrogen) atoms. The fraction of sp³-hybridized carbons (Fsp3) is 0.0625. The molecular formula is C16H10BrF3N2. The van der Waals surface area contributed by atoms with Gasteiger partial charge in [0, 0.05) is 10.0 Å². The van der Waals surface area contributed by atoms with Crippen LogP contribution in [-0.2, 0) is 6.18 Å². The molecule has 0 unspecified atom stereocenters. The van der Waals surface area contributed by atoms with E-state index in [2.05, 4.69) is 21.0 Å². The van der Waals surface area contributed by atoms with Gasteiger partial charge in [0.05, 0.1) is 11.4 Å². The van der Waals surface area contributed by atoms with Crippen LogP contribution in [0.3, 0.4) is 0 Å². The summed E-state index contributed by atoms with van der Waals surface area (Å²) in [6, 6.07) is 16.9. The Morgan fingerprint density at radius 2 is 1.64 bits per heavy atom. The normalized spacial score (nSPS) is 11.6. The zero-order valence-electron chi connectivity index (χ0n) is 11.2. The van der Waals surface area contributed by atoms with E-state index in [0.29, 0.717) is 16.9 Å². The van der Waals surface area contributed by atoms with Crippen molar-refractivity contribution in [3.8, 4) is 16.9 Å². The van der Waals surface area contributed by atoms with Gasteiger partial charge >= 0.3 is 6.18 Å². The lowest BCUT2D eigenvalue weighted by Gasteiger charge is -2.07. The second kappa shape index (κ2) is 5.61. The first kappa shape index (κ1) is 14.8. The van der Waals surface area contributed by atoms with Crippen molar-refractivity contribution in [1.29, 1.82) is 0 Å². The molecule has 2 aromatic carbocycles. The van der Waals surface area contributed by atoms with Crippen LogP contribution in [0.25, 0.3) is 16.9 Å². The monoisotopic (exact) mass is 366 g/mol. The average Bonchev–Trinajstić information content (AvgIpc) is 2.93. The molecule has 0 aliphatic rings. The molecule has 0 fully saturated rings. The van der Waals surface area contributed by atoms with E-state index in [1.54, 1.807) is 48.5 Å². The molecule has 6 heteroatoms. The average molecular weight is 367 g/mol. The number of benzene rings is 2. The highest BCUT2D eigenvalue weighted by Crippen LogP contribution is 2.33. The van der Waals surface area contributed by atoms with Crippen LogP contribution in [0.15, 0.2) is 65.1 Å². The molecule has 0 amide bonds. The summed E-state index contributed by atoms with van der Waals surface area (Å²) in [4.78, 5) is 0. The van der Waals surface area contributed by atoms with Gasteiger partial charge in [-0.25, -0.2) is 4.68 Å². The van der Waals surface area contributed by atoms with Gasteiger partial charge in [0.1, 0.15) is 0 Å². The Balaban J connectivity index is 2.22. The Kier molecular flexibility index (Phi) is 3.78. The van der Waals surface area contributed by atoms with Gasteiger partial charge in [-0.2, -0.15) is 18.3 Å². The van der Waals surface area contributed by atoms with Crippen molar-refractivity contribution in [2.24, 2.45) is 0 Å². The maximum atomic E-state index is 13.0. The molecular weight excluding hydrogens is 357 g/mol. The molecule has 0 bridgehead atoms. The first-order chi connectivity index (χ1) is 10.4. The van der Waals surface area contributed by atoms with E-state index < -0.39 is 11.9 Å². The van der Waals surface area contributed by atoms with Crippen LogP contribution >= 0.6 is 15.9 Å². The Labute approximate surface area is 133 Å². The van der Waals surface area contributed by atoms with Crippen molar-refractivity contribution in [1.82, 2.24) is 9.78 Å². The minimum atomic E-state index is -4.49. The van der Waals surface area contributed by atoms with Gasteiger partial charge in [-0.3, -0.25) is 0 Å². The maximum Gasteiger partial charge on any atom is 0.435 e. The van der Waals surface area contributed by atoms with E-state index in [-0.39, 0.29) is 0 Å². The van der Waals surface area contributed by atoms with Crippen LogP contribution in [0.1, 0.15) is 5.69 Å². The van der Waals surface area contributed by atoms with Crippen LogP contribution in [-0.4, -0.2) is 9.78 Å². The minimum absolute atomic E-state index is 0.389. The molecule has 112 valence electrons. The molecule has 0 radical (unpaired) electrons. The molecule has 0 aliphatic heterocycles. The van der Waals surface area contributed by atoms with Gasteiger partial charge in [0.2, 0.25) is 0 Å². The predicted molar refractivity (Wildman–Crippen MR) is 81.7 cm³/mol. The number of nitrogens with zero attached hydrogens (tertiary/aromatic N) is 2. The Morgan fingerprint density at radius 1 is 0.909 bits per heavy atom. The van der Waals surface area contributed by atoms with E-state index in [9.17, 15) is 13.2 Å². The van der Waals surface area contributed by atoms with E-state index >= 15 is 0 Å². The van der Waals surface area contributed by atoms with E-state index in [0.717, 1.165) is 10.5 Å². The number of hydrogen-bond acceptors (Lipinski definition) is 1. The van der Waals surface area contributed by atoms with Crippen molar-refractivity contribution in [3.63, 3.8) is 0 Å². The maximum absolute atomic E-state index is 13.0. The molecule has 0 saturated heterocycles. The lowest BCUT2D eigenvalue weighted by atomic mass is 10.1. The third kappa shape index (κ3) is 2.92. The van der Waals surface area contributed by atoms with Gasteiger partial charge < -0.3 is 0 Å². The SMILES string of the molecule is FC(F)(F)c1cc(-c2cccc(Br)c2)n(-c2ccccc2)n1. The van der Waals surface area contributed by atoms with Crippen molar-refractivity contribution in [2.45, 2.75) is 6.18 Å². The van der Waals surface area contributed by atoms with Crippen LogP contribution in [0, 0.1) is 0 Å². The van der Waals surface area contributed by atoms with Crippen LogP contribution < -0.4 is 0 Å². The van der Waals surface area contributed by atoms with Crippen LogP contribution in [0.5, 0.6) is 0 Å². The Morgan fingerprint density at radius 3 is 2.27 bits per heavy atom. The first-order valence-corrected chi connectivity index (χ1v) is 7.23. The quantitative estimate of drug-likeness (QED) is 0.600. The van der Waals surface area contributed by atoms with Gasteiger partial charge in [-0.15, -0.1) is 0 Å². The zero-order chi connectivity index (χ0) is 15.7. The van der Waals surface area contributed by atoms with Crippen LogP contribution in [0.4, 0.5) is 13.2 Å². The second-order valence-electron chi connectivity index (χ2n) is 4.67. The molecule has 0 atom stereocenters. The first-order valence-electron chi connectivity index (χ1n) is 6.44. The number of alkyl halides is 3. The summed E-state index contributed by atoms with van der Waals surface area (Å²) >= 11 is 3.33. The summed E-state index contributed by atoms with van der Waals surface area (Å²) in [7, 11) is 0. The number of rotatable bonds is 2. The van der Waals surface area contributed by atoms with Gasteiger partial charge in [0.25, 0.3) is 0 Å². The predicted octanol–water partition coefficient (Wildman–Crippen LogP) is 5.32. The fourth-order valence-corrected chi connectivity index (χ4v) is 2.54. The molecule has 0 aliphatic carbocycles. The lowest BCUT2D eigenvalue weighted by molar-refractivity contribution is -0.141. The van der Waals surface area contributed by atoms with Gasteiger partial charge in [0.15, 0.2) is 5.69 Å². The van der Waals surface area contributed by atoms with E-state index in [1.807, 2.05) is 6.07 Å². The fourth-order valence-electron chi connectivity index (χ4n) is 2.14. The minimum Gasteiger partial charge on any atom is -0.233 e. The highest BCUT2D eigenvalue weighted by Gasteiger charge is 2.35. The molecule has 3 rings (SSSR count). The van der Waals surface area contributed by atoms with Crippen molar-refractivity contribution in [3.05, 3.63) is 70.8 Å². The highest BCUT2D eigenvalue weighted by molar-refractivity contribution is 9.10. The molecule has 0 N–H and O–H groups in total. The second-order valence-corrected chi connectivity index (χ2v) is 5.59. The molecule has 1 heterocycles. The van der Waals surface area contributed by atoms with Crippen LogP contribution in [0.2, 0.25) is 0 Å². The molecule has 3 aromatic rings. The van der Waals surface area contributed by atoms with E-state index in [4.69, 9.17) is 0 Å². The summed E-state index contributed by atoms with van der Waals surface area (Å²) in [6.07, 6.45) is -4.49. The Hall–Kier alpha value is -2.08. The molecule has 2 nitrogen and oxygen atoms in total. The third-order valence-electron chi connectivity index (χ3n) is 3.12. The number of hydrogen-bond donors (Lipinski definition) is 0. The summed E-state index contributed by atoms with van der Waals surface area (Å²) < 4.78 is 41.1. The van der Waals surface area contributed by atoms with Crippen molar-refractivity contribution < 1.29 is 13.2 Å². The smallest absolute Gasteiger partial charge is 0.233 e. The zero-order valence-corrected chi connectivity index (χ0v) is 12.8. The summed E-state index contributed by atoms with van der Waals surface area (Å²) in [5, 5.41) is 3.73. The summed E-state index contributed by atoms with van der Waals surface area (Å²) in [5.41, 5.74) is 0.709. The summed E-state index contributed by atoms with van der Waals surface area (Å²) in [6.45, 7) is 0. The molecule has 0 saturated carbocycles. The number of aromatic nitrogens is 2. The number of halogens is 4. The van der Waals surface area contributed by atoms with Gasteiger partial charge in [-0.1, -0.05) is 46.3 Å². The third-order valence-corrected chi connectivity index (χ3v) is 3.61. The standard InChI is InChI=1S/C16H10BrF3N2/c17-12-6-4-5-11(9-12)14-10-15(16(18,19)20)21-22(14)13-7-2-1-3-8-13/h1-10H. The number of para-hydroxylation sites is 1. The largest absolute Gasteiger partial charge is 0.435 e. The molecule has 0 spiro atoms. The van der Waals surface area contributed by atoms with Gasteiger partial charge in [-0.05, 0) is 30.3 Å². The topological polar surface area (TPSA) is 17.8 Å². The van der Waals surface area contributed by atoms with E-state index in [1.165, 1.54) is 4.68 Å². The summed E-state index contributed by atoms with van der Waals surface area (Å²) in [5.74, 6) is 0. The molecule has 1 aromatic heterocycles. The lowest BCUT2D eigenvalue weighted by Crippen LogP contribution is -2.07. The Bertz CT molecular complexity index is 795. The highest BCUT2D eigenvalue weighted by atomic mass is 79.9.